The standard InChI is InChI=1S/C17H27N3O2/c1-15-5-2-3-6-16(15)13-18-17(22)14-20-10-8-19(9-11-20)7-4-12-21/h2-3,5-6,21H,4,7-14H2,1H3,(H,18,22). The lowest BCUT2D eigenvalue weighted by molar-refractivity contribution is -0.122. The van der Waals surface area contributed by atoms with Crippen molar-refractivity contribution < 1.29 is 9.90 Å². The first kappa shape index (κ1) is 16.9. The van der Waals surface area contributed by atoms with E-state index in [0.717, 1.165) is 39.1 Å². The van der Waals surface area contributed by atoms with Gasteiger partial charge in [-0.25, -0.2) is 0 Å². The number of benzene rings is 1. The van der Waals surface area contributed by atoms with Crippen LogP contribution >= 0.6 is 0 Å². The van der Waals surface area contributed by atoms with Gasteiger partial charge in [0.1, 0.15) is 0 Å². The van der Waals surface area contributed by atoms with Gasteiger partial charge >= 0.3 is 0 Å². The minimum absolute atomic E-state index is 0.0899. The van der Waals surface area contributed by atoms with E-state index in [2.05, 4.69) is 34.2 Å². The van der Waals surface area contributed by atoms with E-state index in [1.807, 2.05) is 12.1 Å². The number of nitrogens with zero attached hydrogens (tertiary/aromatic N) is 2. The van der Waals surface area contributed by atoms with Crippen LogP contribution in [0, 0.1) is 6.92 Å². The molecule has 1 heterocycles. The first-order chi connectivity index (χ1) is 10.7. The Morgan fingerprint density at radius 3 is 2.55 bits per heavy atom. The van der Waals surface area contributed by atoms with Crippen molar-refractivity contribution in [2.75, 3.05) is 45.9 Å². The van der Waals surface area contributed by atoms with E-state index >= 15 is 0 Å². The molecule has 1 aliphatic heterocycles. The molecule has 0 aromatic heterocycles. The van der Waals surface area contributed by atoms with Crippen LogP contribution in [-0.2, 0) is 11.3 Å². The van der Waals surface area contributed by atoms with Gasteiger partial charge in [-0.2, -0.15) is 0 Å². The third-order valence-corrected chi connectivity index (χ3v) is 4.20. The Morgan fingerprint density at radius 1 is 1.18 bits per heavy atom. The molecule has 0 saturated carbocycles. The summed E-state index contributed by atoms with van der Waals surface area (Å²) in [5.41, 5.74) is 2.38. The number of hydrogen-bond donors (Lipinski definition) is 2. The monoisotopic (exact) mass is 305 g/mol. The SMILES string of the molecule is Cc1ccccc1CNC(=O)CN1CCN(CCCO)CC1. The summed E-state index contributed by atoms with van der Waals surface area (Å²) in [7, 11) is 0. The highest BCUT2D eigenvalue weighted by molar-refractivity contribution is 5.78. The van der Waals surface area contributed by atoms with Gasteiger partial charge < -0.3 is 15.3 Å². The number of carbonyl (C=O) groups excluding carboxylic acids is 1. The Hall–Kier alpha value is -1.43. The van der Waals surface area contributed by atoms with Crippen molar-refractivity contribution in [3.8, 4) is 0 Å². The molecule has 2 rings (SSSR count). The van der Waals surface area contributed by atoms with Crippen LogP contribution in [0.1, 0.15) is 17.5 Å². The highest BCUT2D eigenvalue weighted by Gasteiger charge is 2.18. The molecule has 0 radical (unpaired) electrons. The van der Waals surface area contributed by atoms with Gasteiger partial charge in [0.05, 0.1) is 6.54 Å². The molecule has 1 aromatic rings. The molecule has 1 saturated heterocycles. The fourth-order valence-corrected chi connectivity index (χ4v) is 2.73. The second-order valence-electron chi connectivity index (χ2n) is 5.90. The van der Waals surface area contributed by atoms with E-state index in [-0.39, 0.29) is 12.5 Å². The Bertz CT molecular complexity index is 471. The van der Waals surface area contributed by atoms with Crippen molar-refractivity contribution in [3.05, 3.63) is 35.4 Å². The average Bonchev–Trinajstić information content (AvgIpc) is 2.53. The molecular weight excluding hydrogens is 278 g/mol. The topological polar surface area (TPSA) is 55.8 Å². The van der Waals surface area contributed by atoms with Crippen LogP contribution in [0.15, 0.2) is 24.3 Å². The fourth-order valence-electron chi connectivity index (χ4n) is 2.73. The maximum Gasteiger partial charge on any atom is 0.234 e. The summed E-state index contributed by atoms with van der Waals surface area (Å²) < 4.78 is 0. The Labute approximate surface area is 132 Å². The third-order valence-electron chi connectivity index (χ3n) is 4.20. The summed E-state index contributed by atoms with van der Waals surface area (Å²) in [5, 5.41) is 11.9. The van der Waals surface area contributed by atoms with Crippen molar-refractivity contribution in [2.24, 2.45) is 0 Å². The van der Waals surface area contributed by atoms with Gasteiger partial charge in [-0.05, 0) is 24.5 Å². The summed E-state index contributed by atoms with van der Waals surface area (Å²) in [4.78, 5) is 16.6. The van der Waals surface area contributed by atoms with Crippen LogP contribution in [-0.4, -0.2) is 66.7 Å². The van der Waals surface area contributed by atoms with E-state index in [0.29, 0.717) is 13.1 Å². The van der Waals surface area contributed by atoms with Crippen LogP contribution in [0.2, 0.25) is 0 Å². The summed E-state index contributed by atoms with van der Waals surface area (Å²) in [6, 6.07) is 8.12. The summed E-state index contributed by atoms with van der Waals surface area (Å²) in [5.74, 6) is 0.0899. The number of aliphatic hydroxyl groups is 1. The zero-order valence-corrected chi connectivity index (χ0v) is 13.4. The first-order valence-corrected chi connectivity index (χ1v) is 8.06. The van der Waals surface area contributed by atoms with Crippen molar-refractivity contribution in [3.63, 3.8) is 0 Å². The van der Waals surface area contributed by atoms with Gasteiger partial charge in [-0.15, -0.1) is 0 Å². The molecule has 0 unspecified atom stereocenters. The molecule has 0 atom stereocenters. The zero-order valence-electron chi connectivity index (χ0n) is 13.4. The van der Waals surface area contributed by atoms with Gasteiger partial charge in [0.15, 0.2) is 0 Å². The molecule has 1 aromatic carbocycles. The van der Waals surface area contributed by atoms with Crippen molar-refractivity contribution in [1.82, 2.24) is 15.1 Å². The van der Waals surface area contributed by atoms with Crippen LogP contribution in [0.4, 0.5) is 0 Å². The van der Waals surface area contributed by atoms with Crippen molar-refractivity contribution >= 4 is 5.91 Å². The second-order valence-corrected chi connectivity index (χ2v) is 5.90. The summed E-state index contributed by atoms with van der Waals surface area (Å²) in [6.07, 6.45) is 0.830. The van der Waals surface area contributed by atoms with E-state index in [1.165, 1.54) is 11.1 Å². The lowest BCUT2D eigenvalue weighted by Crippen LogP contribution is -2.49. The normalized spacial score (nSPS) is 16.6. The number of aryl methyl sites for hydroxylation is 1. The quantitative estimate of drug-likeness (QED) is 0.775. The van der Waals surface area contributed by atoms with Gasteiger partial charge in [-0.3, -0.25) is 9.69 Å². The second kappa shape index (κ2) is 8.88. The maximum atomic E-state index is 12.1. The molecule has 2 N–H and O–H groups in total. The minimum Gasteiger partial charge on any atom is -0.396 e. The number of nitrogens with one attached hydrogen (secondary N) is 1. The Morgan fingerprint density at radius 2 is 1.86 bits per heavy atom. The Kier molecular flexibility index (Phi) is 6.83. The predicted molar refractivity (Wildman–Crippen MR) is 87.6 cm³/mol. The van der Waals surface area contributed by atoms with E-state index in [1.54, 1.807) is 0 Å². The molecule has 5 nitrogen and oxygen atoms in total. The van der Waals surface area contributed by atoms with E-state index in [4.69, 9.17) is 5.11 Å². The number of carbonyl (C=O) groups is 1. The zero-order chi connectivity index (χ0) is 15.8. The fraction of sp³-hybridized carbons (Fsp3) is 0.588. The van der Waals surface area contributed by atoms with Gasteiger partial charge in [0.25, 0.3) is 0 Å². The molecule has 1 aliphatic rings. The molecule has 1 fully saturated rings. The lowest BCUT2D eigenvalue weighted by Gasteiger charge is -2.34. The van der Waals surface area contributed by atoms with E-state index < -0.39 is 0 Å². The predicted octanol–water partition coefficient (Wildman–Crippen LogP) is 0.611. The van der Waals surface area contributed by atoms with Crippen LogP contribution in [0.3, 0.4) is 0 Å². The highest BCUT2D eigenvalue weighted by Crippen LogP contribution is 2.06. The largest absolute Gasteiger partial charge is 0.396 e. The number of piperazine rings is 1. The van der Waals surface area contributed by atoms with Crippen LogP contribution < -0.4 is 5.32 Å². The molecule has 0 bridgehead atoms. The summed E-state index contributed by atoms with van der Waals surface area (Å²) >= 11 is 0. The minimum atomic E-state index is 0.0899. The molecule has 1 amide bonds. The molecule has 22 heavy (non-hydrogen) atoms. The maximum absolute atomic E-state index is 12.1. The molecule has 122 valence electrons. The average molecular weight is 305 g/mol. The number of aliphatic hydroxyl groups excluding tert-OH is 1. The smallest absolute Gasteiger partial charge is 0.234 e. The number of rotatable bonds is 7. The number of amides is 1. The lowest BCUT2D eigenvalue weighted by atomic mass is 10.1. The van der Waals surface area contributed by atoms with E-state index in [9.17, 15) is 4.79 Å². The number of hydrogen-bond acceptors (Lipinski definition) is 4. The molecule has 0 spiro atoms. The summed E-state index contributed by atoms with van der Waals surface area (Å²) in [6.45, 7) is 8.13. The molecule has 0 aliphatic carbocycles. The Balaban J connectivity index is 1.67. The van der Waals surface area contributed by atoms with Crippen molar-refractivity contribution in [2.45, 2.75) is 19.9 Å². The molecule has 5 heteroatoms. The molecular formula is C17H27N3O2. The first-order valence-electron chi connectivity index (χ1n) is 8.06. The van der Waals surface area contributed by atoms with Crippen LogP contribution in [0.25, 0.3) is 0 Å². The highest BCUT2D eigenvalue weighted by atomic mass is 16.3. The van der Waals surface area contributed by atoms with Gasteiger partial charge in [0, 0.05) is 45.9 Å². The van der Waals surface area contributed by atoms with Gasteiger partial charge in [0.2, 0.25) is 5.91 Å². The third kappa shape index (κ3) is 5.40. The van der Waals surface area contributed by atoms with Crippen LogP contribution in [0.5, 0.6) is 0 Å². The van der Waals surface area contributed by atoms with Gasteiger partial charge in [-0.1, -0.05) is 24.3 Å². The van der Waals surface area contributed by atoms with Crippen molar-refractivity contribution in [1.29, 1.82) is 0 Å².